The second-order valence-corrected chi connectivity index (χ2v) is 5.58. The SMILES string of the molecule is COc1ccccc1NC(=S)Nc1cccc2nc(C)n(C)c12. The molecule has 118 valence electrons. The minimum absolute atomic E-state index is 0.501. The maximum atomic E-state index is 5.43. The topological polar surface area (TPSA) is 51.1 Å². The average molecular weight is 326 g/mol. The average Bonchev–Trinajstić information content (AvgIpc) is 2.83. The number of para-hydroxylation sites is 3. The van der Waals surface area contributed by atoms with E-state index in [1.807, 2.05) is 61.0 Å². The molecule has 23 heavy (non-hydrogen) atoms. The lowest BCUT2D eigenvalue weighted by atomic mass is 10.2. The number of aryl methyl sites for hydroxylation is 2. The van der Waals surface area contributed by atoms with Crippen molar-refractivity contribution >= 4 is 39.7 Å². The standard InChI is InChI=1S/C17H18N4OS/c1-11-18-13-8-6-9-14(16(13)21(11)2)20-17(23)19-12-7-4-5-10-15(12)22-3/h4-10H,1-3H3,(H2,19,20,23). The van der Waals surface area contributed by atoms with E-state index in [2.05, 4.69) is 15.6 Å². The number of nitrogens with zero attached hydrogens (tertiary/aromatic N) is 2. The summed E-state index contributed by atoms with van der Waals surface area (Å²) in [4.78, 5) is 4.53. The Balaban J connectivity index is 1.86. The van der Waals surface area contributed by atoms with Crippen LogP contribution < -0.4 is 15.4 Å². The number of hydrogen-bond acceptors (Lipinski definition) is 3. The van der Waals surface area contributed by atoms with Crippen molar-refractivity contribution in [1.29, 1.82) is 0 Å². The zero-order valence-electron chi connectivity index (χ0n) is 13.3. The second-order valence-electron chi connectivity index (χ2n) is 5.17. The quantitative estimate of drug-likeness (QED) is 0.719. The van der Waals surface area contributed by atoms with E-state index in [-0.39, 0.29) is 0 Å². The summed E-state index contributed by atoms with van der Waals surface area (Å²) < 4.78 is 7.37. The van der Waals surface area contributed by atoms with Crippen LogP contribution >= 0.6 is 12.2 Å². The maximum Gasteiger partial charge on any atom is 0.175 e. The predicted octanol–water partition coefficient (Wildman–Crippen LogP) is 3.70. The zero-order valence-corrected chi connectivity index (χ0v) is 14.1. The summed E-state index contributed by atoms with van der Waals surface area (Å²) in [6.07, 6.45) is 0. The maximum absolute atomic E-state index is 5.43. The number of nitrogens with one attached hydrogen (secondary N) is 2. The smallest absolute Gasteiger partial charge is 0.175 e. The van der Waals surface area contributed by atoms with E-state index < -0.39 is 0 Å². The molecule has 0 amide bonds. The Morgan fingerprint density at radius 2 is 1.78 bits per heavy atom. The molecule has 0 fully saturated rings. The van der Waals surface area contributed by atoms with Gasteiger partial charge in [-0.05, 0) is 43.4 Å². The highest BCUT2D eigenvalue weighted by molar-refractivity contribution is 7.80. The molecule has 5 nitrogen and oxygen atoms in total. The molecular weight excluding hydrogens is 308 g/mol. The van der Waals surface area contributed by atoms with Crippen molar-refractivity contribution in [2.24, 2.45) is 7.05 Å². The summed E-state index contributed by atoms with van der Waals surface area (Å²) >= 11 is 5.43. The third kappa shape index (κ3) is 2.98. The summed E-state index contributed by atoms with van der Waals surface area (Å²) in [5, 5.41) is 6.91. The summed E-state index contributed by atoms with van der Waals surface area (Å²) in [5.41, 5.74) is 3.70. The number of thiocarbonyl (C=S) groups is 1. The van der Waals surface area contributed by atoms with Gasteiger partial charge in [0.2, 0.25) is 0 Å². The first kappa shape index (κ1) is 15.3. The molecule has 3 aromatic rings. The van der Waals surface area contributed by atoms with Crippen LogP contribution in [-0.2, 0) is 7.05 Å². The first-order valence-corrected chi connectivity index (χ1v) is 7.64. The Morgan fingerprint density at radius 3 is 2.57 bits per heavy atom. The van der Waals surface area contributed by atoms with E-state index in [0.717, 1.165) is 34.0 Å². The van der Waals surface area contributed by atoms with Crippen LogP contribution in [0.25, 0.3) is 11.0 Å². The van der Waals surface area contributed by atoms with Gasteiger partial charge in [-0.1, -0.05) is 18.2 Å². The normalized spacial score (nSPS) is 10.6. The highest BCUT2D eigenvalue weighted by Gasteiger charge is 2.10. The fraction of sp³-hybridized carbons (Fsp3) is 0.176. The molecule has 0 saturated heterocycles. The van der Waals surface area contributed by atoms with Gasteiger partial charge in [-0.25, -0.2) is 4.98 Å². The Hall–Kier alpha value is -2.60. The number of anilines is 2. The number of rotatable bonds is 3. The lowest BCUT2D eigenvalue weighted by Crippen LogP contribution is -2.20. The Labute approximate surface area is 140 Å². The van der Waals surface area contributed by atoms with Gasteiger partial charge >= 0.3 is 0 Å². The monoisotopic (exact) mass is 326 g/mol. The van der Waals surface area contributed by atoms with Gasteiger partial charge < -0.3 is 19.9 Å². The third-order valence-corrected chi connectivity index (χ3v) is 3.93. The number of aromatic nitrogens is 2. The number of ether oxygens (including phenoxy) is 1. The van der Waals surface area contributed by atoms with Crippen LogP contribution in [0.15, 0.2) is 42.5 Å². The second kappa shape index (κ2) is 6.26. The van der Waals surface area contributed by atoms with Gasteiger partial charge in [0.05, 0.1) is 29.5 Å². The molecule has 2 N–H and O–H groups in total. The van der Waals surface area contributed by atoms with Crippen molar-refractivity contribution in [2.75, 3.05) is 17.7 Å². The van der Waals surface area contributed by atoms with Crippen molar-refractivity contribution in [3.05, 3.63) is 48.3 Å². The van der Waals surface area contributed by atoms with Crippen molar-refractivity contribution < 1.29 is 4.74 Å². The van der Waals surface area contributed by atoms with E-state index in [0.29, 0.717) is 5.11 Å². The molecule has 0 saturated carbocycles. The number of methoxy groups -OCH3 is 1. The van der Waals surface area contributed by atoms with Crippen LogP contribution in [0, 0.1) is 6.92 Å². The van der Waals surface area contributed by atoms with Crippen molar-refractivity contribution in [3.8, 4) is 5.75 Å². The lowest BCUT2D eigenvalue weighted by Gasteiger charge is -2.14. The van der Waals surface area contributed by atoms with E-state index in [9.17, 15) is 0 Å². The number of fused-ring (bicyclic) bond motifs is 1. The molecule has 6 heteroatoms. The zero-order chi connectivity index (χ0) is 16.4. The Kier molecular flexibility index (Phi) is 4.16. The van der Waals surface area contributed by atoms with Gasteiger partial charge in [-0.15, -0.1) is 0 Å². The van der Waals surface area contributed by atoms with Crippen LogP contribution in [0.4, 0.5) is 11.4 Å². The molecule has 0 aliphatic carbocycles. The van der Waals surface area contributed by atoms with Crippen molar-refractivity contribution in [1.82, 2.24) is 9.55 Å². The molecule has 0 unspecified atom stereocenters. The molecular formula is C17H18N4OS. The minimum atomic E-state index is 0.501. The molecule has 0 radical (unpaired) electrons. The first-order valence-electron chi connectivity index (χ1n) is 7.23. The number of benzene rings is 2. The van der Waals surface area contributed by atoms with Crippen LogP contribution in [0.2, 0.25) is 0 Å². The largest absolute Gasteiger partial charge is 0.495 e. The van der Waals surface area contributed by atoms with E-state index in [1.54, 1.807) is 7.11 Å². The van der Waals surface area contributed by atoms with Gasteiger partial charge in [-0.3, -0.25) is 0 Å². The molecule has 1 heterocycles. The highest BCUT2D eigenvalue weighted by atomic mass is 32.1. The van der Waals surface area contributed by atoms with Crippen molar-refractivity contribution in [3.63, 3.8) is 0 Å². The van der Waals surface area contributed by atoms with Crippen LogP contribution in [-0.4, -0.2) is 21.8 Å². The fourth-order valence-corrected chi connectivity index (χ4v) is 2.73. The minimum Gasteiger partial charge on any atom is -0.495 e. The van der Waals surface area contributed by atoms with E-state index in [1.165, 1.54) is 0 Å². The van der Waals surface area contributed by atoms with Crippen LogP contribution in [0.3, 0.4) is 0 Å². The first-order chi connectivity index (χ1) is 11.1. The molecule has 3 rings (SSSR count). The van der Waals surface area contributed by atoms with E-state index in [4.69, 9.17) is 17.0 Å². The molecule has 0 atom stereocenters. The van der Waals surface area contributed by atoms with Gasteiger partial charge in [0.1, 0.15) is 11.6 Å². The van der Waals surface area contributed by atoms with Crippen LogP contribution in [0.1, 0.15) is 5.82 Å². The molecule has 1 aromatic heterocycles. The third-order valence-electron chi connectivity index (χ3n) is 3.72. The summed E-state index contributed by atoms with van der Waals surface area (Å²) in [6, 6.07) is 13.6. The Bertz CT molecular complexity index is 872. The molecule has 2 aromatic carbocycles. The lowest BCUT2D eigenvalue weighted by molar-refractivity contribution is 0.417. The molecule has 0 bridgehead atoms. The van der Waals surface area contributed by atoms with Gasteiger partial charge in [0, 0.05) is 7.05 Å². The van der Waals surface area contributed by atoms with Gasteiger partial charge in [0.25, 0.3) is 0 Å². The Morgan fingerprint density at radius 1 is 1.09 bits per heavy atom. The molecule has 0 aliphatic heterocycles. The number of hydrogen-bond donors (Lipinski definition) is 2. The number of imidazole rings is 1. The van der Waals surface area contributed by atoms with Gasteiger partial charge in [0.15, 0.2) is 5.11 Å². The fourth-order valence-electron chi connectivity index (χ4n) is 2.51. The summed E-state index contributed by atoms with van der Waals surface area (Å²) in [7, 11) is 3.63. The highest BCUT2D eigenvalue weighted by Crippen LogP contribution is 2.26. The summed E-state index contributed by atoms with van der Waals surface area (Å²) in [6.45, 7) is 1.98. The van der Waals surface area contributed by atoms with Crippen molar-refractivity contribution in [2.45, 2.75) is 6.92 Å². The van der Waals surface area contributed by atoms with E-state index >= 15 is 0 Å². The van der Waals surface area contributed by atoms with Crippen LogP contribution in [0.5, 0.6) is 5.75 Å². The molecule has 0 aliphatic rings. The summed E-state index contributed by atoms with van der Waals surface area (Å²) in [5.74, 6) is 1.70. The molecule has 0 spiro atoms. The van der Waals surface area contributed by atoms with Gasteiger partial charge in [-0.2, -0.15) is 0 Å². The predicted molar refractivity (Wildman–Crippen MR) is 98.3 cm³/mol.